The number of nitrogens with one attached hydrogen (secondary N) is 2. The number of hydrogen-bond donors (Lipinski definition) is 3. The van der Waals surface area contributed by atoms with Crippen LogP contribution in [0.1, 0.15) is 46.0 Å². The SMILES string of the molecule is CCCCC(NC(=O)NCC(C)C1CC1)C(=O)O. The number of carbonyl (C=O) groups is 2. The number of hydrogen-bond acceptors (Lipinski definition) is 2. The van der Waals surface area contributed by atoms with Crippen LogP contribution in [0.15, 0.2) is 0 Å². The van der Waals surface area contributed by atoms with E-state index in [1.807, 2.05) is 6.92 Å². The third kappa shape index (κ3) is 5.38. The monoisotopic (exact) mass is 256 g/mol. The van der Waals surface area contributed by atoms with Gasteiger partial charge in [-0.05, 0) is 31.1 Å². The summed E-state index contributed by atoms with van der Waals surface area (Å²) < 4.78 is 0. The van der Waals surface area contributed by atoms with Crippen molar-refractivity contribution in [2.75, 3.05) is 6.54 Å². The average molecular weight is 256 g/mol. The Hall–Kier alpha value is -1.26. The highest BCUT2D eigenvalue weighted by Crippen LogP contribution is 2.35. The number of amides is 2. The molecule has 1 fully saturated rings. The topological polar surface area (TPSA) is 78.4 Å². The van der Waals surface area contributed by atoms with E-state index in [1.165, 1.54) is 12.8 Å². The van der Waals surface area contributed by atoms with Crippen LogP contribution in [0.5, 0.6) is 0 Å². The quantitative estimate of drug-likeness (QED) is 0.621. The molecular formula is C13H24N2O3. The van der Waals surface area contributed by atoms with Gasteiger partial charge in [0.25, 0.3) is 0 Å². The molecule has 2 atom stereocenters. The van der Waals surface area contributed by atoms with E-state index in [0.717, 1.165) is 18.8 Å². The van der Waals surface area contributed by atoms with E-state index in [2.05, 4.69) is 17.6 Å². The molecule has 1 saturated carbocycles. The summed E-state index contributed by atoms with van der Waals surface area (Å²) in [6, 6.07) is -1.15. The second kappa shape index (κ2) is 7.24. The first-order chi connectivity index (χ1) is 8.54. The minimum absolute atomic E-state index is 0.369. The lowest BCUT2D eigenvalue weighted by atomic mass is 10.1. The molecule has 5 nitrogen and oxygen atoms in total. The molecule has 1 rings (SSSR count). The molecule has 3 N–H and O–H groups in total. The van der Waals surface area contributed by atoms with Crippen molar-refractivity contribution < 1.29 is 14.7 Å². The number of carboxylic acid groups (broad SMARTS) is 1. The van der Waals surface area contributed by atoms with E-state index in [0.29, 0.717) is 18.9 Å². The number of carbonyl (C=O) groups excluding carboxylic acids is 1. The lowest BCUT2D eigenvalue weighted by Gasteiger charge is -2.16. The predicted octanol–water partition coefficient (Wildman–Crippen LogP) is 1.98. The highest BCUT2D eigenvalue weighted by atomic mass is 16.4. The summed E-state index contributed by atoms with van der Waals surface area (Å²) in [5.41, 5.74) is 0. The Bertz CT molecular complexity index is 290. The molecule has 5 heteroatoms. The average Bonchev–Trinajstić information content (AvgIpc) is 3.15. The largest absolute Gasteiger partial charge is 0.480 e. The van der Waals surface area contributed by atoms with Gasteiger partial charge in [-0.1, -0.05) is 26.7 Å². The van der Waals surface area contributed by atoms with Gasteiger partial charge in [0.1, 0.15) is 6.04 Å². The van der Waals surface area contributed by atoms with Crippen molar-refractivity contribution in [2.45, 2.75) is 52.0 Å². The van der Waals surface area contributed by atoms with E-state index >= 15 is 0 Å². The van der Waals surface area contributed by atoms with Gasteiger partial charge < -0.3 is 15.7 Å². The molecule has 0 aromatic carbocycles. The molecular weight excluding hydrogens is 232 g/mol. The fraction of sp³-hybridized carbons (Fsp3) is 0.846. The molecule has 2 unspecified atom stereocenters. The third-order valence-electron chi connectivity index (χ3n) is 3.46. The van der Waals surface area contributed by atoms with Gasteiger partial charge in [-0.15, -0.1) is 0 Å². The molecule has 0 heterocycles. The summed E-state index contributed by atoms with van der Waals surface area (Å²) in [4.78, 5) is 22.5. The van der Waals surface area contributed by atoms with Crippen molar-refractivity contribution >= 4 is 12.0 Å². The van der Waals surface area contributed by atoms with Gasteiger partial charge in [0.05, 0.1) is 0 Å². The van der Waals surface area contributed by atoms with Crippen molar-refractivity contribution in [3.63, 3.8) is 0 Å². The van der Waals surface area contributed by atoms with Crippen molar-refractivity contribution in [3.05, 3.63) is 0 Å². The first-order valence-corrected chi connectivity index (χ1v) is 6.81. The number of urea groups is 1. The van der Waals surface area contributed by atoms with Crippen LogP contribution in [0.25, 0.3) is 0 Å². The zero-order valence-electron chi connectivity index (χ0n) is 11.2. The molecule has 104 valence electrons. The van der Waals surface area contributed by atoms with E-state index in [9.17, 15) is 9.59 Å². The number of rotatable bonds is 8. The highest BCUT2D eigenvalue weighted by Gasteiger charge is 2.28. The van der Waals surface area contributed by atoms with E-state index in [1.54, 1.807) is 0 Å². The maximum Gasteiger partial charge on any atom is 0.326 e. The van der Waals surface area contributed by atoms with Gasteiger partial charge in [0.15, 0.2) is 0 Å². The van der Waals surface area contributed by atoms with E-state index in [-0.39, 0.29) is 6.03 Å². The molecule has 0 aromatic rings. The van der Waals surface area contributed by atoms with Crippen LogP contribution in [0, 0.1) is 11.8 Å². The zero-order valence-corrected chi connectivity index (χ0v) is 11.2. The summed E-state index contributed by atoms with van der Waals surface area (Å²) in [6.07, 6.45) is 4.70. The normalized spacial score (nSPS) is 17.9. The lowest BCUT2D eigenvalue weighted by Crippen LogP contribution is -2.47. The molecule has 0 aliphatic heterocycles. The predicted molar refractivity (Wildman–Crippen MR) is 69.4 cm³/mol. The molecule has 2 amide bonds. The minimum Gasteiger partial charge on any atom is -0.480 e. The molecule has 0 bridgehead atoms. The summed E-state index contributed by atoms with van der Waals surface area (Å²) in [5.74, 6) is 0.254. The first kappa shape index (κ1) is 14.8. The van der Waals surface area contributed by atoms with E-state index < -0.39 is 12.0 Å². The Morgan fingerprint density at radius 3 is 2.56 bits per heavy atom. The highest BCUT2D eigenvalue weighted by molar-refractivity contribution is 5.82. The zero-order chi connectivity index (χ0) is 13.5. The molecule has 18 heavy (non-hydrogen) atoms. The van der Waals surface area contributed by atoms with Crippen LogP contribution in [0.3, 0.4) is 0 Å². The van der Waals surface area contributed by atoms with Crippen LogP contribution in [-0.2, 0) is 4.79 Å². The van der Waals surface area contributed by atoms with Crippen molar-refractivity contribution in [1.82, 2.24) is 10.6 Å². The summed E-state index contributed by atoms with van der Waals surface area (Å²) in [7, 11) is 0. The van der Waals surface area contributed by atoms with Gasteiger partial charge in [0, 0.05) is 6.54 Å². The van der Waals surface area contributed by atoms with Gasteiger partial charge in [-0.3, -0.25) is 0 Å². The Morgan fingerprint density at radius 1 is 1.39 bits per heavy atom. The number of aliphatic carboxylic acids is 1. The molecule has 0 aromatic heterocycles. The van der Waals surface area contributed by atoms with Crippen LogP contribution in [0.2, 0.25) is 0 Å². The molecule has 0 spiro atoms. The van der Waals surface area contributed by atoms with Crippen molar-refractivity contribution in [3.8, 4) is 0 Å². The van der Waals surface area contributed by atoms with Crippen LogP contribution in [0.4, 0.5) is 4.79 Å². The van der Waals surface area contributed by atoms with Gasteiger partial charge in [-0.25, -0.2) is 9.59 Å². The van der Waals surface area contributed by atoms with Crippen LogP contribution >= 0.6 is 0 Å². The second-order valence-electron chi connectivity index (χ2n) is 5.20. The maximum absolute atomic E-state index is 11.6. The fourth-order valence-electron chi connectivity index (χ4n) is 1.96. The fourth-order valence-corrected chi connectivity index (χ4v) is 1.96. The molecule has 0 radical (unpaired) electrons. The molecule has 1 aliphatic rings. The minimum atomic E-state index is -0.964. The standard InChI is InChI=1S/C13H24N2O3/c1-3-4-5-11(12(16)17)15-13(18)14-8-9(2)10-6-7-10/h9-11H,3-8H2,1-2H3,(H,16,17)(H2,14,15,18). The van der Waals surface area contributed by atoms with Crippen LogP contribution < -0.4 is 10.6 Å². The van der Waals surface area contributed by atoms with Gasteiger partial charge >= 0.3 is 12.0 Å². The number of carboxylic acids is 1. The Balaban J connectivity index is 2.24. The molecule has 1 aliphatic carbocycles. The maximum atomic E-state index is 11.6. The Labute approximate surface area is 108 Å². The second-order valence-corrected chi connectivity index (χ2v) is 5.20. The molecule has 0 saturated heterocycles. The van der Waals surface area contributed by atoms with Crippen molar-refractivity contribution in [1.29, 1.82) is 0 Å². The Kier molecular flexibility index (Phi) is 5.95. The Morgan fingerprint density at radius 2 is 2.06 bits per heavy atom. The van der Waals surface area contributed by atoms with Gasteiger partial charge in [-0.2, -0.15) is 0 Å². The first-order valence-electron chi connectivity index (χ1n) is 6.81. The van der Waals surface area contributed by atoms with Crippen LogP contribution in [-0.4, -0.2) is 29.7 Å². The van der Waals surface area contributed by atoms with E-state index in [4.69, 9.17) is 5.11 Å². The number of unbranched alkanes of at least 4 members (excludes halogenated alkanes) is 1. The smallest absolute Gasteiger partial charge is 0.326 e. The lowest BCUT2D eigenvalue weighted by molar-refractivity contribution is -0.139. The summed E-state index contributed by atoms with van der Waals surface area (Å²) in [5, 5.41) is 14.3. The van der Waals surface area contributed by atoms with Crippen molar-refractivity contribution in [2.24, 2.45) is 11.8 Å². The third-order valence-corrected chi connectivity index (χ3v) is 3.46. The summed E-state index contributed by atoms with van der Waals surface area (Å²) >= 11 is 0. The van der Waals surface area contributed by atoms with Gasteiger partial charge in [0.2, 0.25) is 0 Å². The summed E-state index contributed by atoms with van der Waals surface area (Å²) in [6.45, 7) is 4.73.